The SMILES string of the molecule is O=C1CN(C(=O)C2CCCO2)c2cccc(F)c2N1. The Kier molecular flexibility index (Phi) is 2.94. The maximum Gasteiger partial charge on any atom is 0.256 e. The standard InChI is InChI=1S/C13H13FN2O3/c14-8-3-1-4-9-12(8)15-11(17)7-16(9)13(18)10-5-2-6-19-10/h1,3-4,10H,2,5-7H2,(H,15,17). The predicted octanol–water partition coefficient (Wildman–Crippen LogP) is 1.29. The lowest BCUT2D eigenvalue weighted by Gasteiger charge is -2.30. The Hall–Kier alpha value is -1.95. The average Bonchev–Trinajstić information content (AvgIpc) is 2.92. The topological polar surface area (TPSA) is 58.6 Å². The number of ether oxygens (including phenoxy) is 1. The number of hydrogen-bond donors (Lipinski definition) is 1. The number of benzene rings is 1. The van der Waals surface area contributed by atoms with E-state index >= 15 is 0 Å². The maximum absolute atomic E-state index is 13.7. The summed E-state index contributed by atoms with van der Waals surface area (Å²) < 4.78 is 19.0. The van der Waals surface area contributed by atoms with Crippen molar-refractivity contribution in [3.63, 3.8) is 0 Å². The lowest BCUT2D eigenvalue weighted by atomic mass is 10.1. The normalized spacial score (nSPS) is 22.1. The Morgan fingerprint density at radius 1 is 1.47 bits per heavy atom. The second-order valence-corrected chi connectivity index (χ2v) is 4.61. The largest absolute Gasteiger partial charge is 0.368 e. The summed E-state index contributed by atoms with van der Waals surface area (Å²) in [5, 5.41) is 2.45. The number of halogens is 1. The number of hydrogen-bond acceptors (Lipinski definition) is 3. The molecule has 0 bridgehead atoms. The van der Waals surface area contributed by atoms with E-state index in [4.69, 9.17) is 4.74 Å². The highest BCUT2D eigenvalue weighted by Crippen LogP contribution is 2.33. The van der Waals surface area contributed by atoms with Gasteiger partial charge in [-0.25, -0.2) is 4.39 Å². The first-order valence-electron chi connectivity index (χ1n) is 6.18. The number of fused-ring (bicyclic) bond motifs is 1. The van der Waals surface area contributed by atoms with Crippen molar-refractivity contribution in [1.29, 1.82) is 0 Å². The van der Waals surface area contributed by atoms with Crippen molar-refractivity contribution in [3.05, 3.63) is 24.0 Å². The first kappa shape index (κ1) is 12.1. The molecule has 2 amide bonds. The molecule has 0 saturated carbocycles. The molecule has 1 aromatic rings. The molecule has 0 aromatic heterocycles. The summed E-state index contributed by atoms with van der Waals surface area (Å²) in [5.41, 5.74) is 0.449. The number of nitrogens with zero attached hydrogens (tertiary/aromatic N) is 1. The van der Waals surface area contributed by atoms with Crippen molar-refractivity contribution in [3.8, 4) is 0 Å². The Balaban J connectivity index is 1.96. The van der Waals surface area contributed by atoms with Crippen LogP contribution in [-0.4, -0.2) is 31.1 Å². The summed E-state index contributed by atoms with van der Waals surface area (Å²) in [6, 6.07) is 4.38. The fraction of sp³-hybridized carbons (Fsp3) is 0.385. The molecule has 6 heteroatoms. The van der Waals surface area contributed by atoms with Gasteiger partial charge in [-0.15, -0.1) is 0 Å². The smallest absolute Gasteiger partial charge is 0.256 e. The monoisotopic (exact) mass is 264 g/mol. The van der Waals surface area contributed by atoms with Gasteiger partial charge in [0.05, 0.1) is 5.69 Å². The second kappa shape index (κ2) is 4.62. The third-order valence-electron chi connectivity index (χ3n) is 3.32. The van der Waals surface area contributed by atoms with Crippen molar-refractivity contribution in [2.75, 3.05) is 23.4 Å². The molecule has 2 heterocycles. The van der Waals surface area contributed by atoms with E-state index in [2.05, 4.69) is 5.32 Å². The van der Waals surface area contributed by atoms with Crippen LogP contribution in [0.5, 0.6) is 0 Å². The minimum atomic E-state index is -0.546. The van der Waals surface area contributed by atoms with E-state index in [0.29, 0.717) is 18.7 Å². The average molecular weight is 264 g/mol. The predicted molar refractivity (Wildman–Crippen MR) is 66.4 cm³/mol. The summed E-state index contributed by atoms with van der Waals surface area (Å²) in [6.07, 6.45) is 0.940. The highest BCUT2D eigenvalue weighted by atomic mass is 19.1. The highest BCUT2D eigenvalue weighted by Gasteiger charge is 2.34. The molecule has 1 N–H and O–H groups in total. The number of carbonyl (C=O) groups excluding carboxylic acids is 2. The van der Waals surface area contributed by atoms with Crippen molar-refractivity contribution in [2.24, 2.45) is 0 Å². The lowest BCUT2D eigenvalue weighted by Crippen LogP contribution is -2.46. The molecule has 1 unspecified atom stereocenters. The van der Waals surface area contributed by atoms with Crippen LogP contribution in [0, 0.1) is 5.82 Å². The van der Waals surface area contributed by atoms with Gasteiger partial charge in [0.1, 0.15) is 24.2 Å². The number of anilines is 2. The fourth-order valence-electron chi connectivity index (χ4n) is 2.41. The molecule has 1 saturated heterocycles. The van der Waals surface area contributed by atoms with E-state index in [9.17, 15) is 14.0 Å². The van der Waals surface area contributed by atoms with Gasteiger partial charge in [0.15, 0.2) is 0 Å². The molecule has 0 radical (unpaired) electrons. The zero-order chi connectivity index (χ0) is 13.4. The molecule has 1 atom stereocenters. The minimum Gasteiger partial charge on any atom is -0.368 e. The van der Waals surface area contributed by atoms with E-state index in [0.717, 1.165) is 6.42 Å². The van der Waals surface area contributed by atoms with Crippen LogP contribution >= 0.6 is 0 Å². The zero-order valence-electron chi connectivity index (χ0n) is 10.2. The lowest BCUT2D eigenvalue weighted by molar-refractivity contribution is -0.128. The third kappa shape index (κ3) is 2.08. The molecule has 1 aromatic carbocycles. The van der Waals surface area contributed by atoms with Crippen LogP contribution in [0.15, 0.2) is 18.2 Å². The van der Waals surface area contributed by atoms with Gasteiger partial charge in [-0.3, -0.25) is 14.5 Å². The zero-order valence-corrected chi connectivity index (χ0v) is 10.2. The molecule has 2 aliphatic rings. The van der Waals surface area contributed by atoms with Gasteiger partial charge < -0.3 is 10.1 Å². The molecule has 100 valence electrons. The van der Waals surface area contributed by atoms with E-state index < -0.39 is 17.8 Å². The Morgan fingerprint density at radius 3 is 3.05 bits per heavy atom. The van der Waals surface area contributed by atoms with Crippen LogP contribution < -0.4 is 10.2 Å². The van der Waals surface area contributed by atoms with Crippen LogP contribution in [0.2, 0.25) is 0 Å². The van der Waals surface area contributed by atoms with Crippen molar-refractivity contribution < 1.29 is 18.7 Å². The van der Waals surface area contributed by atoms with Gasteiger partial charge in [0.25, 0.3) is 5.91 Å². The van der Waals surface area contributed by atoms with Crippen molar-refractivity contribution >= 4 is 23.2 Å². The van der Waals surface area contributed by atoms with Crippen molar-refractivity contribution in [1.82, 2.24) is 0 Å². The molecule has 0 spiro atoms. The molecule has 19 heavy (non-hydrogen) atoms. The Morgan fingerprint density at radius 2 is 2.32 bits per heavy atom. The van der Waals surface area contributed by atoms with E-state index in [-0.39, 0.29) is 18.1 Å². The molecular weight excluding hydrogens is 251 g/mol. The number of nitrogens with one attached hydrogen (secondary N) is 1. The van der Waals surface area contributed by atoms with Gasteiger partial charge in [0.2, 0.25) is 5.91 Å². The molecular formula is C13H13FN2O3. The van der Waals surface area contributed by atoms with Gasteiger partial charge in [-0.1, -0.05) is 6.07 Å². The first-order valence-corrected chi connectivity index (χ1v) is 6.18. The summed E-state index contributed by atoms with van der Waals surface area (Å²) in [7, 11) is 0. The quantitative estimate of drug-likeness (QED) is 0.831. The fourth-order valence-corrected chi connectivity index (χ4v) is 2.41. The maximum atomic E-state index is 13.7. The highest BCUT2D eigenvalue weighted by molar-refractivity contribution is 6.11. The molecule has 0 aliphatic carbocycles. The number of rotatable bonds is 1. The van der Waals surface area contributed by atoms with Crippen LogP contribution in [-0.2, 0) is 14.3 Å². The number of carbonyl (C=O) groups is 2. The third-order valence-corrected chi connectivity index (χ3v) is 3.32. The molecule has 5 nitrogen and oxygen atoms in total. The van der Waals surface area contributed by atoms with Gasteiger partial charge in [-0.05, 0) is 25.0 Å². The van der Waals surface area contributed by atoms with Crippen LogP contribution in [0.3, 0.4) is 0 Å². The molecule has 1 fully saturated rings. The second-order valence-electron chi connectivity index (χ2n) is 4.61. The van der Waals surface area contributed by atoms with Crippen LogP contribution in [0.1, 0.15) is 12.8 Å². The first-order chi connectivity index (χ1) is 9.16. The van der Waals surface area contributed by atoms with Crippen molar-refractivity contribution in [2.45, 2.75) is 18.9 Å². The van der Waals surface area contributed by atoms with Gasteiger partial charge in [0, 0.05) is 6.61 Å². The summed E-state index contributed by atoms with van der Waals surface area (Å²) in [5.74, 6) is -1.22. The van der Waals surface area contributed by atoms with Gasteiger partial charge >= 0.3 is 0 Å². The van der Waals surface area contributed by atoms with Crippen LogP contribution in [0.25, 0.3) is 0 Å². The number of para-hydroxylation sites is 1. The van der Waals surface area contributed by atoms with Gasteiger partial charge in [-0.2, -0.15) is 0 Å². The Labute approximate surface area is 109 Å². The molecule has 3 rings (SSSR count). The van der Waals surface area contributed by atoms with Crippen LogP contribution in [0.4, 0.5) is 15.8 Å². The summed E-state index contributed by atoms with van der Waals surface area (Å²) in [6.45, 7) is 0.446. The van der Waals surface area contributed by atoms with E-state index in [1.807, 2.05) is 0 Å². The van der Waals surface area contributed by atoms with E-state index in [1.165, 1.54) is 17.0 Å². The minimum absolute atomic E-state index is 0.0603. The van der Waals surface area contributed by atoms with E-state index in [1.54, 1.807) is 6.07 Å². The summed E-state index contributed by atoms with van der Waals surface area (Å²) in [4.78, 5) is 25.2. The summed E-state index contributed by atoms with van der Waals surface area (Å²) >= 11 is 0. The Bertz CT molecular complexity index is 541. The number of amides is 2. The molecule has 2 aliphatic heterocycles.